The Morgan fingerprint density at radius 1 is 0.922 bits per heavy atom. The molecule has 0 unspecified atom stereocenters. The number of carbonyl (C=O) groups excluding carboxylic acids is 4. The summed E-state index contributed by atoms with van der Waals surface area (Å²) in [5.41, 5.74) is 6.32. The molecule has 280 valence electrons. The number of methoxy groups -OCH3 is 2. The topological polar surface area (TPSA) is 141 Å². The van der Waals surface area contributed by atoms with E-state index in [2.05, 4.69) is 0 Å². The quantitative estimate of drug-likeness (QED) is 0.227. The molecule has 2 fully saturated rings. The van der Waals surface area contributed by atoms with Gasteiger partial charge in [-0.2, -0.15) is 0 Å². The van der Waals surface area contributed by atoms with E-state index in [1.54, 1.807) is 55.5 Å². The average molecular weight is 709 g/mol. The number of primary amides is 1. The minimum absolute atomic E-state index is 0.0188. The molecular formula is C39H56N4O8. The number of nitrogens with two attached hydrogens (primary N) is 1. The first-order valence-corrected chi connectivity index (χ1v) is 18.0. The molecule has 0 radical (unpaired) electrons. The molecule has 51 heavy (non-hydrogen) atoms. The molecule has 2 aromatic rings. The summed E-state index contributed by atoms with van der Waals surface area (Å²) in [6.45, 7) is 11.2. The van der Waals surface area contributed by atoms with E-state index in [1.165, 1.54) is 0 Å². The van der Waals surface area contributed by atoms with Crippen molar-refractivity contribution in [1.82, 2.24) is 14.7 Å². The van der Waals surface area contributed by atoms with Crippen molar-refractivity contribution in [2.24, 2.45) is 5.73 Å². The summed E-state index contributed by atoms with van der Waals surface area (Å²) in [4.78, 5) is 58.7. The van der Waals surface area contributed by atoms with Gasteiger partial charge in [-0.3, -0.25) is 14.4 Å². The fraction of sp³-hybridized carbons (Fsp3) is 0.590. The fourth-order valence-corrected chi connectivity index (χ4v) is 6.65. The van der Waals surface area contributed by atoms with Gasteiger partial charge in [0.2, 0.25) is 11.8 Å². The van der Waals surface area contributed by atoms with Crippen LogP contribution in [0, 0.1) is 0 Å². The van der Waals surface area contributed by atoms with Crippen LogP contribution >= 0.6 is 0 Å². The first kappa shape index (κ1) is 39.5. The van der Waals surface area contributed by atoms with Crippen LogP contribution in [0.5, 0.6) is 11.5 Å². The molecule has 12 nitrogen and oxygen atoms in total. The third-order valence-electron chi connectivity index (χ3n) is 9.23. The van der Waals surface area contributed by atoms with Crippen molar-refractivity contribution in [3.8, 4) is 11.5 Å². The smallest absolute Gasteiger partial charge is 0.410 e. The van der Waals surface area contributed by atoms with Crippen LogP contribution in [0.2, 0.25) is 0 Å². The molecule has 0 spiro atoms. The zero-order valence-corrected chi connectivity index (χ0v) is 31.3. The zero-order valence-electron chi connectivity index (χ0n) is 31.3. The lowest BCUT2D eigenvalue weighted by Gasteiger charge is -2.45. The van der Waals surface area contributed by atoms with Crippen LogP contribution < -0.4 is 15.2 Å². The highest BCUT2D eigenvalue weighted by molar-refractivity contribution is 5.95. The van der Waals surface area contributed by atoms with E-state index in [-0.39, 0.29) is 42.4 Å². The minimum Gasteiger partial charge on any atom is -0.493 e. The van der Waals surface area contributed by atoms with Crippen LogP contribution in [0.25, 0.3) is 0 Å². The first-order chi connectivity index (χ1) is 24.2. The molecule has 1 saturated carbocycles. The van der Waals surface area contributed by atoms with E-state index >= 15 is 0 Å². The van der Waals surface area contributed by atoms with Crippen LogP contribution in [0.4, 0.5) is 4.79 Å². The van der Waals surface area contributed by atoms with Gasteiger partial charge in [-0.05, 0) is 103 Å². The van der Waals surface area contributed by atoms with Gasteiger partial charge in [0.25, 0.3) is 5.91 Å². The van der Waals surface area contributed by atoms with E-state index in [9.17, 15) is 19.2 Å². The van der Waals surface area contributed by atoms with Gasteiger partial charge in [-0.1, -0.05) is 12.1 Å². The van der Waals surface area contributed by atoms with Gasteiger partial charge < -0.3 is 39.4 Å². The molecule has 2 aliphatic rings. The number of ether oxygens (including phenoxy) is 4. The highest BCUT2D eigenvalue weighted by atomic mass is 16.6. The van der Waals surface area contributed by atoms with Gasteiger partial charge in [-0.25, -0.2) is 4.79 Å². The predicted octanol–water partition coefficient (Wildman–Crippen LogP) is 5.45. The van der Waals surface area contributed by atoms with Gasteiger partial charge in [0, 0.05) is 62.5 Å². The molecule has 1 aliphatic heterocycles. The maximum absolute atomic E-state index is 14.2. The maximum Gasteiger partial charge on any atom is 0.410 e. The summed E-state index contributed by atoms with van der Waals surface area (Å²) in [5.74, 6) is 0.310. The Morgan fingerprint density at radius 2 is 1.65 bits per heavy atom. The van der Waals surface area contributed by atoms with Crippen molar-refractivity contribution < 1.29 is 38.1 Å². The summed E-state index contributed by atoms with van der Waals surface area (Å²) < 4.78 is 22.5. The Labute approximate surface area is 302 Å². The standard InChI is InChI=1S/C39H56N4O8/c1-26(2)43(37(46)29-12-17-33(49-7)34(24-29)50-21-9-20-48-6)32-16-15-31(42(25-32)38(47)51-39(3,4)5)18-19-41(30-13-14-30)35(44)23-27-10-8-11-28(22-27)36(40)45/h8,10-12,17,22,24,26,30-32H,9,13-16,18-21,23,25H2,1-7H3,(H2,40,45)/t31-,32-/m1/s1. The second-order valence-corrected chi connectivity index (χ2v) is 14.7. The molecule has 1 saturated heterocycles. The summed E-state index contributed by atoms with van der Waals surface area (Å²) in [5, 5.41) is 0. The third-order valence-corrected chi connectivity index (χ3v) is 9.23. The number of likely N-dealkylation sites (tertiary alicyclic amines) is 1. The summed E-state index contributed by atoms with van der Waals surface area (Å²) in [6.07, 6.45) is 4.20. The average Bonchev–Trinajstić information content (AvgIpc) is 3.92. The number of rotatable bonds is 16. The van der Waals surface area contributed by atoms with Crippen LogP contribution in [-0.4, -0.2) is 109 Å². The van der Waals surface area contributed by atoms with Crippen molar-refractivity contribution in [2.45, 2.75) is 109 Å². The second-order valence-electron chi connectivity index (χ2n) is 14.7. The molecular weight excluding hydrogens is 652 g/mol. The monoisotopic (exact) mass is 708 g/mol. The van der Waals surface area contributed by atoms with E-state index < -0.39 is 17.6 Å². The van der Waals surface area contributed by atoms with Crippen molar-refractivity contribution in [2.75, 3.05) is 40.5 Å². The normalized spacial score (nSPS) is 17.5. The van der Waals surface area contributed by atoms with Crippen LogP contribution in [0.1, 0.15) is 99.4 Å². The second kappa shape index (κ2) is 17.7. The molecule has 12 heteroatoms. The molecule has 1 aliphatic carbocycles. The summed E-state index contributed by atoms with van der Waals surface area (Å²) in [6, 6.07) is 11.6. The molecule has 2 N–H and O–H groups in total. The van der Waals surface area contributed by atoms with E-state index in [1.807, 2.05) is 50.5 Å². The lowest BCUT2D eigenvalue weighted by Crippen LogP contribution is -2.58. The van der Waals surface area contributed by atoms with E-state index in [0.717, 1.165) is 18.4 Å². The number of hydrogen-bond donors (Lipinski definition) is 1. The minimum atomic E-state index is -0.708. The maximum atomic E-state index is 14.2. The Hall–Kier alpha value is -4.32. The van der Waals surface area contributed by atoms with Gasteiger partial charge in [0.15, 0.2) is 11.5 Å². The highest BCUT2D eigenvalue weighted by Gasteiger charge is 2.40. The molecule has 4 rings (SSSR count). The van der Waals surface area contributed by atoms with Crippen LogP contribution in [0.15, 0.2) is 42.5 Å². The Morgan fingerprint density at radius 3 is 2.27 bits per heavy atom. The predicted molar refractivity (Wildman–Crippen MR) is 194 cm³/mol. The van der Waals surface area contributed by atoms with Crippen LogP contribution in [0.3, 0.4) is 0 Å². The van der Waals surface area contributed by atoms with Crippen LogP contribution in [-0.2, 0) is 20.7 Å². The summed E-state index contributed by atoms with van der Waals surface area (Å²) >= 11 is 0. The Kier molecular flexibility index (Phi) is 13.7. The molecule has 1 heterocycles. The van der Waals surface area contributed by atoms with Crippen molar-refractivity contribution in [3.05, 3.63) is 59.2 Å². The molecule has 0 bridgehead atoms. The van der Waals surface area contributed by atoms with E-state index in [4.69, 9.17) is 24.7 Å². The molecule has 2 aromatic carbocycles. The molecule has 4 amide bonds. The first-order valence-electron chi connectivity index (χ1n) is 18.0. The largest absolute Gasteiger partial charge is 0.493 e. The van der Waals surface area contributed by atoms with Crippen molar-refractivity contribution in [1.29, 1.82) is 0 Å². The Bertz CT molecular complexity index is 1520. The summed E-state index contributed by atoms with van der Waals surface area (Å²) in [7, 11) is 3.20. The van der Waals surface area contributed by atoms with Gasteiger partial charge in [-0.15, -0.1) is 0 Å². The number of carbonyl (C=O) groups is 4. The number of hydrogen-bond acceptors (Lipinski definition) is 8. The van der Waals surface area contributed by atoms with Crippen molar-refractivity contribution in [3.63, 3.8) is 0 Å². The number of nitrogens with zero attached hydrogens (tertiary/aromatic N) is 3. The third kappa shape index (κ3) is 11.1. The lowest BCUT2D eigenvalue weighted by atomic mass is 9.93. The zero-order chi connectivity index (χ0) is 37.3. The number of benzene rings is 2. The van der Waals surface area contributed by atoms with Gasteiger partial charge in [0.05, 0.1) is 26.2 Å². The lowest BCUT2D eigenvalue weighted by molar-refractivity contribution is -0.131. The SMILES string of the molecule is COCCCOc1cc(C(=O)N(C(C)C)[C@@H]2CC[C@H](CCN(C(=O)Cc3cccc(C(N)=O)c3)C3CC3)N(C(=O)OC(C)(C)C)C2)ccc1OC. The van der Waals surface area contributed by atoms with E-state index in [0.29, 0.717) is 74.6 Å². The number of amides is 4. The number of piperidine rings is 1. The van der Waals surface area contributed by atoms with Crippen molar-refractivity contribution >= 4 is 23.8 Å². The van der Waals surface area contributed by atoms with Gasteiger partial charge in [0.1, 0.15) is 5.60 Å². The Balaban J connectivity index is 1.51. The molecule has 0 aromatic heterocycles. The molecule has 2 atom stereocenters. The fourth-order valence-electron chi connectivity index (χ4n) is 6.65. The highest BCUT2D eigenvalue weighted by Crippen LogP contribution is 2.33. The van der Waals surface area contributed by atoms with Gasteiger partial charge >= 0.3 is 6.09 Å².